The minimum Gasteiger partial charge on any atom is -0.0596 e. The van der Waals surface area contributed by atoms with E-state index in [0.29, 0.717) is 5.41 Å². The van der Waals surface area contributed by atoms with Gasteiger partial charge in [0.15, 0.2) is 0 Å². The second-order valence-electron chi connectivity index (χ2n) is 6.67. The molecule has 2 aliphatic carbocycles. The molecule has 0 saturated heterocycles. The maximum atomic E-state index is 2.44. The minimum atomic E-state index is 0.462. The van der Waals surface area contributed by atoms with Crippen molar-refractivity contribution in [2.24, 2.45) is 17.3 Å². The Hall–Kier alpha value is 0. The summed E-state index contributed by atoms with van der Waals surface area (Å²) in [5.74, 6) is 3.90. The molecule has 2 saturated carbocycles. The zero-order valence-electron chi connectivity index (χ0n) is 10.8. The average molecular weight is 207 g/mol. The highest BCUT2D eigenvalue weighted by Gasteiger charge is 2.40. The van der Waals surface area contributed by atoms with Crippen LogP contribution in [0, 0.1) is 23.2 Å². The molecule has 15 heavy (non-hydrogen) atoms. The lowest BCUT2D eigenvalue weighted by atomic mass is 9.65. The van der Waals surface area contributed by atoms with Crippen LogP contribution in [-0.4, -0.2) is 0 Å². The number of hydrogen-bond donors (Lipinski definition) is 0. The summed E-state index contributed by atoms with van der Waals surface area (Å²) in [7, 11) is 0. The molecule has 0 nitrogen and oxygen atoms in total. The van der Waals surface area contributed by atoms with Crippen LogP contribution in [0.15, 0.2) is 0 Å². The molecule has 1 radical (unpaired) electrons. The molecular weight excluding hydrogens is 180 g/mol. The zero-order valence-corrected chi connectivity index (χ0v) is 10.8. The monoisotopic (exact) mass is 207 g/mol. The third-order valence-corrected chi connectivity index (χ3v) is 4.46. The van der Waals surface area contributed by atoms with Gasteiger partial charge in [0.05, 0.1) is 0 Å². The first-order valence-electron chi connectivity index (χ1n) is 6.96. The van der Waals surface area contributed by atoms with Gasteiger partial charge in [0.25, 0.3) is 0 Å². The second-order valence-corrected chi connectivity index (χ2v) is 6.67. The van der Waals surface area contributed by atoms with E-state index in [1.807, 2.05) is 5.92 Å². The summed E-state index contributed by atoms with van der Waals surface area (Å²) < 4.78 is 0. The molecule has 2 rings (SSSR count). The highest BCUT2D eigenvalue weighted by atomic mass is 14.4. The van der Waals surface area contributed by atoms with Gasteiger partial charge in [0.1, 0.15) is 0 Å². The lowest BCUT2D eigenvalue weighted by molar-refractivity contribution is 0.267. The van der Waals surface area contributed by atoms with Gasteiger partial charge in [-0.15, -0.1) is 0 Å². The molecule has 0 aromatic rings. The van der Waals surface area contributed by atoms with Crippen molar-refractivity contribution in [2.45, 2.75) is 72.1 Å². The predicted molar refractivity (Wildman–Crippen MR) is 66.6 cm³/mol. The van der Waals surface area contributed by atoms with Crippen molar-refractivity contribution in [3.8, 4) is 0 Å². The summed E-state index contributed by atoms with van der Waals surface area (Å²) in [6, 6.07) is 0. The number of rotatable bonds is 2. The van der Waals surface area contributed by atoms with Crippen LogP contribution in [0.5, 0.6) is 0 Å². The molecule has 0 aromatic carbocycles. The average Bonchev–Trinajstić information content (AvgIpc) is 2.73. The first-order chi connectivity index (χ1) is 7.09. The van der Waals surface area contributed by atoms with Crippen LogP contribution in [-0.2, 0) is 0 Å². The third-order valence-electron chi connectivity index (χ3n) is 4.46. The van der Waals surface area contributed by atoms with E-state index in [-0.39, 0.29) is 0 Å². The Balaban J connectivity index is 2.07. The Bertz CT molecular complexity index is 171. The van der Waals surface area contributed by atoms with E-state index in [9.17, 15) is 0 Å². The van der Waals surface area contributed by atoms with Crippen LogP contribution < -0.4 is 0 Å². The molecule has 2 aliphatic rings. The van der Waals surface area contributed by atoms with Crippen molar-refractivity contribution in [3.05, 3.63) is 5.92 Å². The van der Waals surface area contributed by atoms with Gasteiger partial charge in [-0.05, 0) is 48.9 Å². The Morgan fingerprint density at radius 2 is 1.07 bits per heavy atom. The van der Waals surface area contributed by atoms with Gasteiger partial charge in [-0.1, -0.05) is 46.5 Å². The van der Waals surface area contributed by atoms with Crippen molar-refractivity contribution < 1.29 is 0 Å². The normalized spacial score (nSPS) is 25.6. The summed E-state index contributed by atoms with van der Waals surface area (Å²) in [6.45, 7) is 7.33. The summed E-state index contributed by atoms with van der Waals surface area (Å²) in [5.41, 5.74) is 0.462. The lowest BCUT2D eigenvalue weighted by Gasteiger charge is -2.39. The SMILES string of the molecule is CC(C)(C)[C](C1CCCC1)C1CCCC1. The van der Waals surface area contributed by atoms with E-state index in [0.717, 1.165) is 11.8 Å². The van der Waals surface area contributed by atoms with E-state index in [2.05, 4.69) is 20.8 Å². The highest BCUT2D eigenvalue weighted by molar-refractivity contribution is 5.11. The topological polar surface area (TPSA) is 0 Å². The van der Waals surface area contributed by atoms with Gasteiger partial charge in [-0.2, -0.15) is 0 Å². The van der Waals surface area contributed by atoms with E-state index in [1.54, 1.807) is 0 Å². The van der Waals surface area contributed by atoms with Gasteiger partial charge < -0.3 is 0 Å². The molecule has 0 atom stereocenters. The van der Waals surface area contributed by atoms with Crippen molar-refractivity contribution in [1.29, 1.82) is 0 Å². The van der Waals surface area contributed by atoms with Crippen molar-refractivity contribution in [2.75, 3.05) is 0 Å². The fraction of sp³-hybridized carbons (Fsp3) is 0.933. The fourth-order valence-electron chi connectivity index (χ4n) is 4.03. The minimum absolute atomic E-state index is 0.462. The molecule has 0 spiro atoms. The van der Waals surface area contributed by atoms with Crippen LogP contribution in [0.25, 0.3) is 0 Å². The van der Waals surface area contributed by atoms with Gasteiger partial charge in [0.2, 0.25) is 0 Å². The first kappa shape index (κ1) is 11.5. The van der Waals surface area contributed by atoms with Crippen molar-refractivity contribution in [3.63, 3.8) is 0 Å². The standard InChI is InChI=1S/C15H27/c1-15(2,3)14(12-8-4-5-9-12)13-10-6-7-11-13/h12-13H,4-11H2,1-3H3. The molecule has 0 aromatic heterocycles. The van der Waals surface area contributed by atoms with Crippen LogP contribution in [0.1, 0.15) is 72.1 Å². The van der Waals surface area contributed by atoms with Crippen LogP contribution in [0.4, 0.5) is 0 Å². The zero-order chi connectivity index (χ0) is 10.9. The Morgan fingerprint density at radius 1 is 0.733 bits per heavy atom. The summed E-state index contributed by atoms with van der Waals surface area (Å²) in [4.78, 5) is 0. The third kappa shape index (κ3) is 2.57. The lowest BCUT2D eigenvalue weighted by Crippen LogP contribution is -2.30. The molecule has 0 N–H and O–H groups in total. The van der Waals surface area contributed by atoms with Gasteiger partial charge in [0, 0.05) is 0 Å². The molecule has 0 heteroatoms. The molecule has 87 valence electrons. The Labute approximate surface area is 95.8 Å². The van der Waals surface area contributed by atoms with Crippen LogP contribution >= 0.6 is 0 Å². The quantitative estimate of drug-likeness (QED) is 0.598. The molecule has 2 fully saturated rings. The smallest absolute Gasteiger partial charge is 0.0126 e. The van der Waals surface area contributed by atoms with Gasteiger partial charge >= 0.3 is 0 Å². The number of hydrogen-bond acceptors (Lipinski definition) is 0. The molecular formula is C15H27. The van der Waals surface area contributed by atoms with Crippen molar-refractivity contribution in [1.82, 2.24) is 0 Å². The van der Waals surface area contributed by atoms with Crippen LogP contribution in [0.2, 0.25) is 0 Å². The molecule has 0 bridgehead atoms. The summed E-state index contributed by atoms with van der Waals surface area (Å²) in [5, 5.41) is 0. The van der Waals surface area contributed by atoms with Crippen LogP contribution in [0.3, 0.4) is 0 Å². The molecule has 0 aliphatic heterocycles. The van der Waals surface area contributed by atoms with Crippen molar-refractivity contribution >= 4 is 0 Å². The second kappa shape index (κ2) is 4.47. The van der Waals surface area contributed by atoms with Gasteiger partial charge in [-0.25, -0.2) is 0 Å². The predicted octanol–water partition coefficient (Wildman–Crippen LogP) is 4.99. The maximum Gasteiger partial charge on any atom is -0.0126 e. The fourth-order valence-corrected chi connectivity index (χ4v) is 4.03. The maximum absolute atomic E-state index is 2.44. The molecule has 0 unspecified atom stereocenters. The Kier molecular flexibility index (Phi) is 3.42. The van der Waals surface area contributed by atoms with E-state index >= 15 is 0 Å². The Morgan fingerprint density at radius 3 is 1.33 bits per heavy atom. The summed E-state index contributed by atoms with van der Waals surface area (Å²) >= 11 is 0. The van der Waals surface area contributed by atoms with Gasteiger partial charge in [-0.3, -0.25) is 0 Å². The van der Waals surface area contributed by atoms with E-state index in [4.69, 9.17) is 0 Å². The first-order valence-corrected chi connectivity index (χ1v) is 6.96. The summed E-state index contributed by atoms with van der Waals surface area (Å²) in [6.07, 6.45) is 11.9. The highest BCUT2D eigenvalue weighted by Crippen LogP contribution is 2.51. The van der Waals surface area contributed by atoms with E-state index < -0.39 is 0 Å². The molecule has 0 amide bonds. The largest absolute Gasteiger partial charge is 0.0596 e. The van der Waals surface area contributed by atoms with E-state index in [1.165, 1.54) is 51.4 Å². The molecule has 0 heterocycles.